The summed E-state index contributed by atoms with van der Waals surface area (Å²) in [6, 6.07) is 6.64. The SMILES string of the molecule is O=C(NC1CC2CCC1N2)c1ccc(Oc2ccoc2)s1. The number of fused-ring (bicyclic) bond motifs is 2. The first kappa shape index (κ1) is 12.9. The standard InChI is InChI=1S/C15H16N2O3S/c18-15(17-12-7-9-1-2-11(12)16-9)13-3-4-14(21-13)20-10-5-6-19-8-10/h3-6,8-9,11-12,16H,1-2,7H2,(H,17,18). The minimum Gasteiger partial charge on any atom is -0.469 e. The molecule has 2 aliphatic rings. The van der Waals surface area contributed by atoms with Crippen molar-refractivity contribution in [3.8, 4) is 10.8 Å². The summed E-state index contributed by atoms with van der Waals surface area (Å²) in [5, 5.41) is 7.34. The fourth-order valence-electron chi connectivity index (χ4n) is 3.15. The number of amides is 1. The van der Waals surface area contributed by atoms with Crippen LogP contribution in [0.5, 0.6) is 10.8 Å². The second-order valence-corrected chi connectivity index (χ2v) is 6.59. The van der Waals surface area contributed by atoms with Gasteiger partial charge in [-0.25, -0.2) is 0 Å². The Kier molecular flexibility index (Phi) is 3.20. The van der Waals surface area contributed by atoms with Crippen LogP contribution in [0.3, 0.4) is 0 Å². The van der Waals surface area contributed by atoms with E-state index in [1.807, 2.05) is 6.07 Å². The Labute approximate surface area is 126 Å². The van der Waals surface area contributed by atoms with Crippen molar-refractivity contribution in [2.45, 2.75) is 37.4 Å². The summed E-state index contributed by atoms with van der Waals surface area (Å²) in [4.78, 5) is 13.0. The van der Waals surface area contributed by atoms with Gasteiger partial charge in [-0.3, -0.25) is 4.79 Å². The highest BCUT2D eigenvalue weighted by Crippen LogP contribution is 2.31. The van der Waals surface area contributed by atoms with E-state index in [2.05, 4.69) is 10.6 Å². The highest BCUT2D eigenvalue weighted by molar-refractivity contribution is 7.15. The molecule has 1 amide bonds. The number of carbonyl (C=O) groups excluding carboxylic acids is 1. The molecule has 0 spiro atoms. The number of hydrogen-bond acceptors (Lipinski definition) is 5. The molecule has 2 fully saturated rings. The molecule has 0 saturated carbocycles. The van der Waals surface area contributed by atoms with Gasteiger partial charge in [0.15, 0.2) is 10.8 Å². The van der Waals surface area contributed by atoms with Crippen molar-refractivity contribution in [2.75, 3.05) is 0 Å². The third kappa shape index (κ3) is 2.56. The average molecular weight is 304 g/mol. The molecule has 6 heteroatoms. The van der Waals surface area contributed by atoms with E-state index in [9.17, 15) is 4.79 Å². The Morgan fingerprint density at radius 3 is 3.05 bits per heavy atom. The summed E-state index contributed by atoms with van der Waals surface area (Å²) in [6.07, 6.45) is 6.52. The van der Waals surface area contributed by atoms with Crippen LogP contribution in [0.2, 0.25) is 0 Å². The van der Waals surface area contributed by atoms with E-state index in [-0.39, 0.29) is 11.9 Å². The number of ether oxygens (including phenoxy) is 1. The van der Waals surface area contributed by atoms with Gasteiger partial charge in [0.2, 0.25) is 0 Å². The lowest BCUT2D eigenvalue weighted by molar-refractivity contribution is 0.0935. The molecule has 2 aromatic heterocycles. The van der Waals surface area contributed by atoms with Gasteiger partial charge < -0.3 is 19.8 Å². The molecule has 3 unspecified atom stereocenters. The van der Waals surface area contributed by atoms with Crippen molar-refractivity contribution >= 4 is 17.2 Å². The van der Waals surface area contributed by atoms with Gasteiger partial charge in [-0.1, -0.05) is 11.3 Å². The normalized spacial score (nSPS) is 27.0. The second kappa shape index (κ2) is 5.20. The van der Waals surface area contributed by atoms with E-state index >= 15 is 0 Å². The minimum atomic E-state index is -0.0126. The van der Waals surface area contributed by atoms with Gasteiger partial charge in [-0.15, -0.1) is 0 Å². The van der Waals surface area contributed by atoms with Gasteiger partial charge in [-0.2, -0.15) is 0 Å². The molecule has 0 radical (unpaired) electrons. The van der Waals surface area contributed by atoms with Crippen LogP contribution >= 0.6 is 11.3 Å². The fraction of sp³-hybridized carbons (Fsp3) is 0.400. The van der Waals surface area contributed by atoms with Crippen molar-refractivity contribution in [3.05, 3.63) is 35.6 Å². The maximum absolute atomic E-state index is 12.3. The fourth-order valence-corrected chi connectivity index (χ4v) is 3.92. The molecule has 21 heavy (non-hydrogen) atoms. The predicted molar refractivity (Wildman–Crippen MR) is 78.9 cm³/mol. The summed E-state index contributed by atoms with van der Waals surface area (Å²) < 4.78 is 10.6. The third-order valence-electron chi connectivity index (χ3n) is 4.14. The highest BCUT2D eigenvalue weighted by Gasteiger charge is 2.39. The molecular weight excluding hydrogens is 288 g/mol. The summed E-state index contributed by atoms with van der Waals surface area (Å²) in [5.41, 5.74) is 0. The van der Waals surface area contributed by atoms with Crippen LogP contribution in [-0.2, 0) is 0 Å². The van der Waals surface area contributed by atoms with Crippen LogP contribution in [0.1, 0.15) is 28.9 Å². The molecule has 0 aliphatic carbocycles. The first-order valence-corrected chi connectivity index (χ1v) is 7.96. The maximum Gasteiger partial charge on any atom is 0.261 e. The highest BCUT2D eigenvalue weighted by atomic mass is 32.1. The second-order valence-electron chi connectivity index (χ2n) is 5.54. The largest absolute Gasteiger partial charge is 0.469 e. The maximum atomic E-state index is 12.3. The van der Waals surface area contributed by atoms with E-state index in [4.69, 9.17) is 9.15 Å². The predicted octanol–water partition coefficient (Wildman–Crippen LogP) is 2.76. The summed E-state index contributed by atoms with van der Waals surface area (Å²) in [7, 11) is 0. The van der Waals surface area contributed by atoms with Crippen molar-refractivity contribution < 1.29 is 13.9 Å². The zero-order valence-corrected chi connectivity index (χ0v) is 12.2. The zero-order chi connectivity index (χ0) is 14.2. The number of thiophene rings is 1. The van der Waals surface area contributed by atoms with Gasteiger partial charge >= 0.3 is 0 Å². The Hall–Kier alpha value is -1.79. The van der Waals surface area contributed by atoms with Crippen molar-refractivity contribution in [1.82, 2.24) is 10.6 Å². The molecule has 4 heterocycles. The smallest absolute Gasteiger partial charge is 0.261 e. The molecule has 110 valence electrons. The van der Waals surface area contributed by atoms with Gasteiger partial charge in [-0.05, 0) is 31.4 Å². The Bertz CT molecular complexity index is 637. The first-order valence-electron chi connectivity index (χ1n) is 7.15. The molecule has 2 aromatic rings. The van der Waals surface area contributed by atoms with Crippen molar-refractivity contribution in [3.63, 3.8) is 0 Å². The van der Waals surface area contributed by atoms with Crippen molar-refractivity contribution in [1.29, 1.82) is 0 Å². The Balaban J connectivity index is 1.39. The van der Waals surface area contributed by atoms with E-state index in [1.54, 1.807) is 18.4 Å². The molecule has 5 nitrogen and oxygen atoms in total. The van der Waals surface area contributed by atoms with Gasteiger partial charge in [0.05, 0.1) is 11.1 Å². The van der Waals surface area contributed by atoms with Crippen LogP contribution in [0.15, 0.2) is 35.1 Å². The molecular formula is C15H16N2O3S. The number of rotatable bonds is 4. The van der Waals surface area contributed by atoms with Crippen LogP contribution in [-0.4, -0.2) is 24.0 Å². The number of nitrogens with one attached hydrogen (secondary N) is 2. The molecule has 2 aliphatic heterocycles. The van der Waals surface area contributed by atoms with Gasteiger partial charge in [0, 0.05) is 24.2 Å². The van der Waals surface area contributed by atoms with E-state index in [0.717, 1.165) is 12.8 Å². The number of furan rings is 1. The summed E-state index contributed by atoms with van der Waals surface area (Å²) in [5.74, 6) is 0.627. The van der Waals surface area contributed by atoms with Crippen LogP contribution in [0.4, 0.5) is 0 Å². The molecule has 3 atom stereocenters. The van der Waals surface area contributed by atoms with Crippen LogP contribution in [0.25, 0.3) is 0 Å². The van der Waals surface area contributed by atoms with Gasteiger partial charge in [0.25, 0.3) is 5.91 Å². The third-order valence-corrected chi connectivity index (χ3v) is 5.10. The van der Waals surface area contributed by atoms with Crippen LogP contribution in [0, 0.1) is 0 Å². The zero-order valence-electron chi connectivity index (χ0n) is 11.4. The average Bonchev–Trinajstić information content (AvgIpc) is 3.24. The minimum absolute atomic E-state index is 0.0126. The topological polar surface area (TPSA) is 63.5 Å². The Morgan fingerprint density at radius 1 is 1.38 bits per heavy atom. The molecule has 2 N–H and O–H groups in total. The van der Waals surface area contributed by atoms with Gasteiger partial charge in [0.1, 0.15) is 6.26 Å². The lowest BCUT2D eigenvalue weighted by Gasteiger charge is -2.20. The summed E-state index contributed by atoms with van der Waals surface area (Å²) in [6.45, 7) is 0. The molecule has 2 saturated heterocycles. The number of carbonyl (C=O) groups is 1. The number of hydrogen-bond donors (Lipinski definition) is 2. The lowest BCUT2D eigenvalue weighted by Crippen LogP contribution is -2.42. The summed E-state index contributed by atoms with van der Waals surface area (Å²) >= 11 is 1.35. The van der Waals surface area contributed by atoms with E-state index < -0.39 is 0 Å². The van der Waals surface area contributed by atoms with E-state index in [1.165, 1.54) is 24.0 Å². The van der Waals surface area contributed by atoms with E-state index in [0.29, 0.717) is 27.8 Å². The Morgan fingerprint density at radius 2 is 2.33 bits per heavy atom. The molecule has 0 aromatic carbocycles. The molecule has 4 rings (SSSR count). The first-order chi connectivity index (χ1) is 10.3. The monoisotopic (exact) mass is 304 g/mol. The molecule has 2 bridgehead atoms. The van der Waals surface area contributed by atoms with Crippen molar-refractivity contribution in [2.24, 2.45) is 0 Å². The quantitative estimate of drug-likeness (QED) is 0.911. The lowest BCUT2D eigenvalue weighted by atomic mass is 9.95. The van der Waals surface area contributed by atoms with Crippen LogP contribution < -0.4 is 15.4 Å².